The Morgan fingerprint density at radius 1 is 0.341 bits per heavy atom. The van der Waals surface area contributed by atoms with Crippen molar-refractivity contribution >= 4 is 34.8 Å². The monoisotopic (exact) mass is 614 g/mol. The fourth-order valence-corrected chi connectivity index (χ4v) is 4.84. The van der Waals surface area contributed by atoms with Crippen LogP contribution in [0.2, 0.25) is 10.0 Å². The van der Waals surface area contributed by atoms with Gasteiger partial charge in [-0.25, -0.2) is 0 Å². The van der Waals surface area contributed by atoms with Crippen molar-refractivity contribution in [1.82, 2.24) is 0 Å². The Morgan fingerprint density at radius 3 is 0.841 bits per heavy atom. The van der Waals surface area contributed by atoms with E-state index in [0.29, 0.717) is 55.3 Å². The van der Waals surface area contributed by atoms with Gasteiger partial charge in [-0.15, -0.1) is 0 Å². The molecule has 0 fully saturated rings. The molecule has 0 amide bonds. The molecule has 0 aliphatic heterocycles. The molecule has 6 rings (SSSR count). The lowest BCUT2D eigenvalue weighted by atomic mass is 10.0. The highest BCUT2D eigenvalue weighted by atomic mass is 35.5. The maximum absolute atomic E-state index is 12.7. The molecule has 6 aromatic rings. The van der Waals surface area contributed by atoms with Gasteiger partial charge < -0.3 is 9.47 Å². The highest BCUT2D eigenvalue weighted by Gasteiger charge is 2.11. The van der Waals surface area contributed by atoms with E-state index in [0.717, 1.165) is 11.1 Å². The van der Waals surface area contributed by atoms with Crippen molar-refractivity contribution in [3.63, 3.8) is 0 Å². The van der Waals surface area contributed by atoms with Gasteiger partial charge >= 0.3 is 0 Å². The Balaban J connectivity index is 1.05. The van der Waals surface area contributed by atoms with Crippen LogP contribution in [0.5, 0.6) is 23.0 Å². The number of benzene rings is 6. The van der Waals surface area contributed by atoms with E-state index >= 15 is 0 Å². The lowest BCUT2D eigenvalue weighted by Gasteiger charge is -2.10. The molecule has 0 spiro atoms. The molecule has 44 heavy (non-hydrogen) atoms. The van der Waals surface area contributed by atoms with Gasteiger partial charge in [-0.2, -0.15) is 0 Å². The first-order valence-corrected chi connectivity index (χ1v) is 14.5. The fraction of sp³-hybridized carbons (Fsp3) is 0. The van der Waals surface area contributed by atoms with E-state index in [1.165, 1.54) is 0 Å². The van der Waals surface area contributed by atoms with Crippen molar-refractivity contribution in [2.24, 2.45) is 0 Å². The third kappa shape index (κ3) is 6.90. The van der Waals surface area contributed by atoms with Crippen LogP contribution in [0.3, 0.4) is 0 Å². The SMILES string of the molecule is O=C(c1ccc(Cl)cc1)c1ccc(Oc2ccc(-c3ccc(Oc4ccc(C(=O)c5ccc(Cl)cc5)cc4)cc3)cc2)cc1. The van der Waals surface area contributed by atoms with Crippen molar-refractivity contribution < 1.29 is 19.1 Å². The molecule has 0 aliphatic carbocycles. The first kappa shape index (κ1) is 28.9. The molecule has 0 bridgehead atoms. The molecule has 6 aromatic carbocycles. The van der Waals surface area contributed by atoms with E-state index in [-0.39, 0.29) is 11.6 Å². The average Bonchev–Trinajstić information content (AvgIpc) is 3.06. The molecule has 0 atom stereocenters. The summed E-state index contributed by atoms with van der Waals surface area (Å²) in [5.74, 6) is 2.48. The minimum absolute atomic E-state index is 0.0754. The lowest BCUT2D eigenvalue weighted by molar-refractivity contribution is 0.103. The van der Waals surface area contributed by atoms with E-state index in [4.69, 9.17) is 32.7 Å². The lowest BCUT2D eigenvalue weighted by Crippen LogP contribution is -2.00. The summed E-state index contributed by atoms with van der Waals surface area (Å²) >= 11 is 11.8. The van der Waals surface area contributed by atoms with E-state index in [1.807, 2.05) is 48.5 Å². The predicted octanol–water partition coefficient (Wildman–Crippen LogP) is 10.7. The topological polar surface area (TPSA) is 52.6 Å². The molecule has 0 aromatic heterocycles. The minimum Gasteiger partial charge on any atom is -0.457 e. The molecule has 4 nitrogen and oxygen atoms in total. The number of ether oxygens (including phenoxy) is 2. The summed E-state index contributed by atoms with van der Waals surface area (Å²) in [4.78, 5) is 25.4. The second kappa shape index (κ2) is 13.0. The van der Waals surface area contributed by atoms with Gasteiger partial charge in [-0.1, -0.05) is 47.5 Å². The molecular formula is C38H24Cl2O4. The Labute approximate surface area is 265 Å². The second-order valence-corrected chi connectivity index (χ2v) is 10.8. The van der Waals surface area contributed by atoms with Crippen molar-refractivity contribution in [3.05, 3.63) is 178 Å². The largest absolute Gasteiger partial charge is 0.457 e. The van der Waals surface area contributed by atoms with Gasteiger partial charge in [0.25, 0.3) is 0 Å². The summed E-state index contributed by atoms with van der Waals surface area (Å²) in [7, 11) is 0. The maximum atomic E-state index is 12.7. The summed E-state index contributed by atoms with van der Waals surface area (Å²) in [6.07, 6.45) is 0. The summed E-state index contributed by atoms with van der Waals surface area (Å²) in [6, 6.07) is 43.3. The molecule has 0 heterocycles. The van der Waals surface area contributed by atoms with Crippen LogP contribution in [0.25, 0.3) is 11.1 Å². The molecule has 6 heteroatoms. The molecule has 0 saturated heterocycles. The minimum atomic E-state index is -0.0754. The summed E-state index contributed by atoms with van der Waals surface area (Å²) < 4.78 is 12.0. The molecule has 214 valence electrons. The van der Waals surface area contributed by atoms with Crippen molar-refractivity contribution in [3.8, 4) is 34.1 Å². The number of hydrogen-bond acceptors (Lipinski definition) is 4. The standard InChI is InChI=1S/C38H24Cl2O4/c39-31-13-1-27(2-14-31)37(41)29-9-21-35(22-10-29)43-33-17-5-25(6-18-33)26-7-19-34(20-8-26)44-36-23-11-30(12-24-36)38(42)28-3-15-32(40)16-4-28/h1-24H. The first-order valence-electron chi connectivity index (χ1n) is 13.8. The van der Waals surface area contributed by atoms with Crippen LogP contribution < -0.4 is 9.47 Å². The third-order valence-electron chi connectivity index (χ3n) is 6.96. The first-order chi connectivity index (χ1) is 21.4. The van der Waals surface area contributed by atoms with Crippen molar-refractivity contribution in [1.29, 1.82) is 0 Å². The van der Waals surface area contributed by atoms with Crippen LogP contribution in [-0.2, 0) is 0 Å². The number of carbonyl (C=O) groups is 2. The zero-order valence-corrected chi connectivity index (χ0v) is 24.8. The Morgan fingerprint density at radius 2 is 0.568 bits per heavy atom. The number of rotatable bonds is 9. The molecular weight excluding hydrogens is 591 g/mol. The smallest absolute Gasteiger partial charge is 0.193 e. The molecule has 0 unspecified atom stereocenters. The van der Waals surface area contributed by atoms with E-state index in [9.17, 15) is 9.59 Å². The zero-order valence-electron chi connectivity index (χ0n) is 23.2. The van der Waals surface area contributed by atoms with Crippen LogP contribution >= 0.6 is 23.2 Å². The highest BCUT2D eigenvalue weighted by molar-refractivity contribution is 6.31. The molecule has 0 aliphatic rings. The fourth-order valence-electron chi connectivity index (χ4n) is 4.59. The molecule has 0 saturated carbocycles. The van der Waals surface area contributed by atoms with Gasteiger partial charge in [0.2, 0.25) is 0 Å². The van der Waals surface area contributed by atoms with Crippen molar-refractivity contribution in [2.45, 2.75) is 0 Å². The highest BCUT2D eigenvalue weighted by Crippen LogP contribution is 2.29. The predicted molar refractivity (Wildman–Crippen MR) is 175 cm³/mol. The van der Waals surface area contributed by atoms with Crippen LogP contribution in [0.15, 0.2) is 146 Å². The van der Waals surface area contributed by atoms with Gasteiger partial charge in [0.1, 0.15) is 23.0 Å². The van der Waals surface area contributed by atoms with Gasteiger partial charge in [-0.05, 0) is 132 Å². The van der Waals surface area contributed by atoms with Crippen LogP contribution in [0.4, 0.5) is 0 Å². The Bertz CT molecular complexity index is 1750. The van der Waals surface area contributed by atoms with Gasteiger partial charge in [0.15, 0.2) is 11.6 Å². The van der Waals surface area contributed by atoms with Crippen LogP contribution in [0.1, 0.15) is 31.8 Å². The Hall–Kier alpha value is -5.16. The van der Waals surface area contributed by atoms with E-state index in [1.54, 1.807) is 97.1 Å². The van der Waals surface area contributed by atoms with E-state index < -0.39 is 0 Å². The third-order valence-corrected chi connectivity index (χ3v) is 7.46. The number of halogens is 2. The molecule has 0 N–H and O–H groups in total. The Kier molecular flexibility index (Phi) is 8.55. The molecule has 0 radical (unpaired) electrons. The maximum Gasteiger partial charge on any atom is 0.193 e. The van der Waals surface area contributed by atoms with Gasteiger partial charge in [-0.3, -0.25) is 9.59 Å². The van der Waals surface area contributed by atoms with Crippen LogP contribution in [-0.4, -0.2) is 11.6 Å². The second-order valence-electron chi connectivity index (χ2n) is 9.97. The van der Waals surface area contributed by atoms with Crippen LogP contribution in [0, 0.1) is 0 Å². The van der Waals surface area contributed by atoms with Gasteiger partial charge in [0, 0.05) is 32.3 Å². The summed E-state index contributed by atoms with van der Waals surface area (Å²) in [6.45, 7) is 0. The average molecular weight is 616 g/mol. The summed E-state index contributed by atoms with van der Waals surface area (Å²) in [5, 5.41) is 1.18. The normalized spacial score (nSPS) is 10.7. The van der Waals surface area contributed by atoms with Crippen molar-refractivity contribution in [2.75, 3.05) is 0 Å². The number of hydrogen-bond donors (Lipinski definition) is 0. The summed E-state index contributed by atoms with van der Waals surface area (Å²) in [5.41, 5.74) is 4.36. The zero-order chi connectivity index (χ0) is 30.5. The van der Waals surface area contributed by atoms with Gasteiger partial charge in [0.05, 0.1) is 0 Å². The number of carbonyl (C=O) groups excluding carboxylic acids is 2. The number of ketones is 2. The quantitative estimate of drug-likeness (QED) is 0.152. The van der Waals surface area contributed by atoms with E-state index in [2.05, 4.69) is 0 Å².